The number of benzene rings is 2. The van der Waals surface area contributed by atoms with Gasteiger partial charge in [-0.2, -0.15) is 0 Å². The Morgan fingerprint density at radius 3 is 2.50 bits per heavy atom. The Bertz CT molecular complexity index is 718. The summed E-state index contributed by atoms with van der Waals surface area (Å²) >= 11 is 5.80. The van der Waals surface area contributed by atoms with Gasteiger partial charge in [-0.15, -0.1) is 0 Å². The van der Waals surface area contributed by atoms with Crippen molar-refractivity contribution in [1.29, 1.82) is 0 Å². The molecule has 2 aromatic rings. The van der Waals surface area contributed by atoms with Crippen LogP contribution in [-0.4, -0.2) is 32.3 Å². The molecule has 0 saturated carbocycles. The van der Waals surface area contributed by atoms with Crippen molar-refractivity contribution in [2.24, 2.45) is 0 Å². The highest BCUT2D eigenvalue weighted by molar-refractivity contribution is 6.30. The normalized spacial score (nSPS) is 14.3. The molecule has 1 aliphatic rings. The zero-order valence-electron chi connectivity index (χ0n) is 12.9. The van der Waals surface area contributed by atoms with Gasteiger partial charge in [0.2, 0.25) is 0 Å². The molecular formula is C17H17ClFN3O2. The third kappa shape index (κ3) is 4.15. The van der Waals surface area contributed by atoms with E-state index in [1.54, 1.807) is 36.4 Å². The predicted molar refractivity (Wildman–Crippen MR) is 93.5 cm³/mol. The third-order valence-electron chi connectivity index (χ3n) is 3.68. The van der Waals surface area contributed by atoms with E-state index in [1.807, 2.05) is 0 Å². The quantitative estimate of drug-likeness (QED) is 0.881. The van der Waals surface area contributed by atoms with Crippen LogP contribution < -0.4 is 15.5 Å². The van der Waals surface area contributed by atoms with E-state index in [0.717, 1.165) is 18.8 Å². The summed E-state index contributed by atoms with van der Waals surface area (Å²) in [6.45, 7) is 2.75. The molecule has 2 N–H and O–H groups in total. The summed E-state index contributed by atoms with van der Waals surface area (Å²) < 4.78 is 19.3. The number of rotatable bonds is 3. The first-order valence-corrected chi connectivity index (χ1v) is 7.95. The molecule has 7 heteroatoms. The lowest BCUT2D eigenvalue weighted by molar-refractivity contribution is 0.122. The number of morpholine rings is 1. The number of carbonyl (C=O) groups is 1. The van der Waals surface area contributed by atoms with Crippen LogP contribution in [0.5, 0.6) is 0 Å². The number of nitrogens with zero attached hydrogens (tertiary/aromatic N) is 1. The summed E-state index contributed by atoms with van der Waals surface area (Å²) in [5.74, 6) is -0.488. The molecule has 2 amide bonds. The van der Waals surface area contributed by atoms with Gasteiger partial charge >= 0.3 is 6.03 Å². The zero-order valence-corrected chi connectivity index (χ0v) is 13.6. The average molecular weight is 350 g/mol. The van der Waals surface area contributed by atoms with Gasteiger partial charge < -0.3 is 20.3 Å². The van der Waals surface area contributed by atoms with E-state index in [0.29, 0.717) is 23.9 Å². The monoisotopic (exact) mass is 349 g/mol. The first kappa shape index (κ1) is 16.5. The zero-order chi connectivity index (χ0) is 16.9. The molecule has 0 aliphatic carbocycles. The second-order valence-corrected chi connectivity index (χ2v) is 5.79. The van der Waals surface area contributed by atoms with Crippen LogP contribution in [0, 0.1) is 5.82 Å². The number of carbonyl (C=O) groups excluding carboxylic acids is 1. The van der Waals surface area contributed by atoms with Crippen molar-refractivity contribution < 1.29 is 13.9 Å². The molecule has 5 nitrogen and oxygen atoms in total. The molecule has 2 aromatic carbocycles. The van der Waals surface area contributed by atoms with Gasteiger partial charge in [0.25, 0.3) is 0 Å². The summed E-state index contributed by atoms with van der Waals surface area (Å²) in [7, 11) is 0. The Labute approximate surface area is 144 Å². The van der Waals surface area contributed by atoms with Gasteiger partial charge in [0.05, 0.1) is 18.9 Å². The minimum atomic E-state index is -0.518. The largest absolute Gasteiger partial charge is 0.378 e. The molecule has 0 radical (unpaired) electrons. The van der Waals surface area contributed by atoms with Crippen molar-refractivity contribution in [3.05, 3.63) is 53.3 Å². The van der Waals surface area contributed by atoms with E-state index in [9.17, 15) is 9.18 Å². The minimum Gasteiger partial charge on any atom is -0.378 e. The van der Waals surface area contributed by atoms with Crippen LogP contribution in [0.15, 0.2) is 42.5 Å². The first-order valence-electron chi connectivity index (χ1n) is 7.57. The van der Waals surface area contributed by atoms with Crippen LogP contribution in [0.1, 0.15) is 0 Å². The molecule has 3 rings (SSSR count). The molecule has 0 unspecified atom stereocenters. The van der Waals surface area contributed by atoms with Gasteiger partial charge in [-0.25, -0.2) is 9.18 Å². The van der Waals surface area contributed by atoms with Gasteiger partial charge in [0.15, 0.2) is 0 Å². The Balaban J connectivity index is 1.69. The van der Waals surface area contributed by atoms with Crippen LogP contribution in [-0.2, 0) is 4.74 Å². The highest BCUT2D eigenvalue weighted by Crippen LogP contribution is 2.24. The average Bonchev–Trinajstić information content (AvgIpc) is 2.60. The molecule has 0 aromatic heterocycles. The van der Waals surface area contributed by atoms with Gasteiger partial charge in [-0.3, -0.25) is 0 Å². The van der Waals surface area contributed by atoms with Crippen molar-refractivity contribution in [3.63, 3.8) is 0 Å². The summed E-state index contributed by atoms with van der Waals surface area (Å²) in [5, 5.41) is 5.75. The second-order valence-electron chi connectivity index (χ2n) is 5.35. The standard InChI is InChI=1S/C17H17ClFN3O2/c18-12-1-3-13(4-2-12)20-17(23)21-16-11-14(5-6-15(16)19)22-7-9-24-10-8-22/h1-6,11H,7-10H2,(H2,20,21,23). The molecule has 1 heterocycles. The van der Waals surface area contributed by atoms with Crippen LogP contribution in [0.4, 0.5) is 26.2 Å². The number of hydrogen-bond donors (Lipinski definition) is 2. The lowest BCUT2D eigenvalue weighted by Crippen LogP contribution is -2.36. The molecule has 1 fully saturated rings. The molecular weight excluding hydrogens is 333 g/mol. The number of anilines is 3. The van der Waals surface area contributed by atoms with E-state index in [2.05, 4.69) is 15.5 Å². The molecule has 0 spiro atoms. The van der Waals surface area contributed by atoms with Crippen molar-refractivity contribution in [2.75, 3.05) is 41.8 Å². The highest BCUT2D eigenvalue weighted by Gasteiger charge is 2.14. The molecule has 1 aliphatic heterocycles. The van der Waals surface area contributed by atoms with Crippen molar-refractivity contribution in [1.82, 2.24) is 0 Å². The summed E-state index contributed by atoms with van der Waals surface area (Å²) in [4.78, 5) is 14.1. The minimum absolute atomic E-state index is 0.130. The number of ether oxygens (including phenoxy) is 1. The van der Waals surface area contributed by atoms with Crippen molar-refractivity contribution in [3.8, 4) is 0 Å². The number of hydrogen-bond acceptors (Lipinski definition) is 3. The van der Waals surface area contributed by atoms with Gasteiger partial charge in [0.1, 0.15) is 5.82 Å². The fourth-order valence-electron chi connectivity index (χ4n) is 2.45. The Hall–Kier alpha value is -2.31. The fourth-order valence-corrected chi connectivity index (χ4v) is 2.57. The number of urea groups is 1. The van der Waals surface area contributed by atoms with Crippen LogP contribution in [0.2, 0.25) is 5.02 Å². The number of nitrogens with one attached hydrogen (secondary N) is 2. The third-order valence-corrected chi connectivity index (χ3v) is 3.93. The van der Waals surface area contributed by atoms with E-state index >= 15 is 0 Å². The Morgan fingerprint density at radius 2 is 1.79 bits per heavy atom. The van der Waals surface area contributed by atoms with Crippen LogP contribution >= 0.6 is 11.6 Å². The summed E-state index contributed by atoms with van der Waals surface area (Å²) in [5.41, 5.74) is 1.55. The Morgan fingerprint density at radius 1 is 1.08 bits per heavy atom. The summed E-state index contributed by atoms with van der Waals surface area (Å²) in [6, 6.07) is 10.8. The maximum absolute atomic E-state index is 14.0. The van der Waals surface area contributed by atoms with Gasteiger partial charge in [0, 0.05) is 29.5 Å². The van der Waals surface area contributed by atoms with E-state index in [1.165, 1.54) is 6.07 Å². The maximum atomic E-state index is 14.0. The van der Waals surface area contributed by atoms with Gasteiger partial charge in [-0.1, -0.05) is 11.6 Å². The van der Waals surface area contributed by atoms with Gasteiger partial charge in [-0.05, 0) is 42.5 Å². The lowest BCUT2D eigenvalue weighted by Gasteiger charge is -2.29. The molecule has 1 saturated heterocycles. The molecule has 0 bridgehead atoms. The molecule has 0 atom stereocenters. The van der Waals surface area contributed by atoms with E-state index < -0.39 is 11.8 Å². The van der Waals surface area contributed by atoms with Crippen molar-refractivity contribution >= 4 is 34.7 Å². The Kier molecular flexibility index (Phi) is 5.17. The highest BCUT2D eigenvalue weighted by atomic mass is 35.5. The number of halogens is 2. The molecule has 24 heavy (non-hydrogen) atoms. The van der Waals surface area contributed by atoms with E-state index in [-0.39, 0.29) is 5.69 Å². The number of amides is 2. The van der Waals surface area contributed by atoms with E-state index in [4.69, 9.17) is 16.3 Å². The molecule has 126 valence electrons. The summed E-state index contributed by atoms with van der Waals surface area (Å²) in [6.07, 6.45) is 0. The topological polar surface area (TPSA) is 53.6 Å². The fraction of sp³-hybridized carbons (Fsp3) is 0.235. The predicted octanol–water partition coefficient (Wildman–Crippen LogP) is 3.96. The lowest BCUT2D eigenvalue weighted by atomic mass is 10.2. The first-order chi connectivity index (χ1) is 11.6. The maximum Gasteiger partial charge on any atom is 0.323 e. The van der Waals surface area contributed by atoms with Crippen LogP contribution in [0.3, 0.4) is 0 Å². The smallest absolute Gasteiger partial charge is 0.323 e. The second kappa shape index (κ2) is 7.51. The van der Waals surface area contributed by atoms with Crippen LogP contribution in [0.25, 0.3) is 0 Å². The van der Waals surface area contributed by atoms with Crippen molar-refractivity contribution in [2.45, 2.75) is 0 Å². The SMILES string of the molecule is O=C(Nc1ccc(Cl)cc1)Nc1cc(N2CCOCC2)ccc1F.